The molecule has 0 aliphatic carbocycles. The summed E-state index contributed by atoms with van der Waals surface area (Å²) in [6.07, 6.45) is 1.70. The standard InChI is InChI=1S/C8H13NO3/c1-4-11-7(10)8(3)5-6(2)12-9-8/h5,9H,4H2,1-3H3. The Labute approximate surface area is 71.5 Å². The van der Waals surface area contributed by atoms with Gasteiger partial charge in [-0.1, -0.05) is 0 Å². The Hall–Kier alpha value is -1.03. The molecule has 0 amide bonds. The van der Waals surface area contributed by atoms with Crippen LogP contribution in [0, 0.1) is 0 Å². The first-order chi connectivity index (χ1) is 5.58. The highest BCUT2D eigenvalue weighted by atomic mass is 16.7. The minimum atomic E-state index is -0.819. The molecule has 0 aromatic rings. The largest absolute Gasteiger partial charge is 0.464 e. The highest BCUT2D eigenvalue weighted by Gasteiger charge is 2.37. The molecule has 0 radical (unpaired) electrons. The maximum Gasteiger partial charge on any atom is 0.333 e. The van der Waals surface area contributed by atoms with Gasteiger partial charge in [0.2, 0.25) is 0 Å². The Kier molecular flexibility index (Phi) is 2.38. The third kappa shape index (κ3) is 1.58. The van der Waals surface area contributed by atoms with Gasteiger partial charge in [0.05, 0.1) is 6.61 Å². The van der Waals surface area contributed by atoms with Crippen molar-refractivity contribution in [2.75, 3.05) is 6.61 Å². The van der Waals surface area contributed by atoms with Crippen molar-refractivity contribution in [1.82, 2.24) is 5.48 Å². The summed E-state index contributed by atoms with van der Waals surface area (Å²) in [6.45, 7) is 5.63. The number of ether oxygens (including phenoxy) is 1. The van der Waals surface area contributed by atoms with Gasteiger partial charge in [0.1, 0.15) is 5.76 Å². The number of carbonyl (C=O) groups is 1. The molecule has 1 rings (SSSR count). The number of esters is 1. The summed E-state index contributed by atoms with van der Waals surface area (Å²) in [7, 11) is 0. The lowest BCUT2D eigenvalue weighted by Crippen LogP contribution is -2.45. The number of hydrogen-bond acceptors (Lipinski definition) is 4. The Morgan fingerprint density at radius 3 is 2.92 bits per heavy atom. The van der Waals surface area contributed by atoms with Crippen molar-refractivity contribution in [3.05, 3.63) is 11.8 Å². The summed E-state index contributed by atoms with van der Waals surface area (Å²) < 4.78 is 4.85. The van der Waals surface area contributed by atoms with E-state index in [0.717, 1.165) is 0 Å². The lowest BCUT2D eigenvalue weighted by molar-refractivity contribution is -0.151. The Morgan fingerprint density at radius 1 is 1.83 bits per heavy atom. The van der Waals surface area contributed by atoms with E-state index >= 15 is 0 Å². The molecule has 1 atom stereocenters. The number of nitrogens with one attached hydrogen (secondary N) is 1. The number of carbonyl (C=O) groups excluding carboxylic acids is 1. The molecule has 0 bridgehead atoms. The lowest BCUT2D eigenvalue weighted by atomic mass is 10.0. The number of allylic oxidation sites excluding steroid dienone is 1. The maximum absolute atomic E-state index is 11.3. The summed E-state index contributed by atoms with van der Waals surface area (Å²) in [5, 5.41) is 0. The molecule has 0 saturated carbocycles. The van der Waals surface area contributed by atoms with Crippen molar-refractivity contribution in [3.8, 4) is 0 Å². The van der Waals surface area contributed by atoms with E-state index in [-0.39, 0.29) is 5.97 Å². The second kappa shape index (κ2) is 3.15. The van der Waals surface area contributed by atoms with E-state index < -0.39 is 5.54 Å². The molecular formula is C8H13NO3. The molecule has 1 aliphatic rings. The number of hydrogen-bond donors (Lipinski definition) is 1. The fourth-order valence-corrected chi connectivity index (χ4v) is 1.03. The van der Waals surface area contributed by atoms with E-state index in [0.29, 0.717) is 12.4 Å². The van der Waals surface area contributed by atoms with Crippen LogP contribution in [0.1, 0.15) is 20.8 Å². The van der Waals surface area contributed by atoms with Gasteiger partial charge in [-0.25, -0.2) is 4.79 Å². The third-order valence-corrected chi connectivity index (χ3v) is 1.62. The van der Waals surface area contributed by atoms with E-state index in [1.807, 2.05) is 0 Å². The van der Waals surface area contributed by atoms with Crippen LogP contribution in [0.5, 0.6) is 0 Å². The van der Waals surface area contributed by atoms with Gasteiger partial charge < -0.3 is 9.57 Å². The molecule has 4 heteroatoms. The van der Waals surface area contributed by atoms with Crippen molar-refractivity contribution < 1.29 is 14.4 Å². The molecule has 1 unspecified atom stereocenters. The highest BCUT2D eigenvalue weighted by Crippen LogP contribution is 2.18. The summed E-state index contributed by atoms with van der Waals surface area (Å²) in [6, 6.07) is 0. The van der Waals surface area contributed by atoms with Crippen LogP contribution in [0.4, 0.5) is 0 Å². The van der Waals surface area contributed by atoms with Gasteiger partial charge in [0.25, 0.3) is 0 Å². The van der Waals surface area contributed by atoms with Crippen LogP contribution in [0.2, 0.25) is 0 Å². The Balaban J connectivity index is 2.67. The molecule has 0 saturated heterocycles. The van der Waals surface area contributed by atoms with Gasteiger partial charge in [0, 0.05) is 0 Å². The zero-order valence-electron chi connectivity index (χ0n) is 7.51. The predicted molar refractivity (Wildman–Crippen MR) is 43.0 cm³/mol. The van der Waals surface area contributed by atoms with Crippen LogP contribution in [0.25, 0.3) is 0 Å². The zero-order valence-corrected chi connectivity index (χ0v) is 7.51. The molecular weight excluding hydrogens is 158 g/mol. The maximum atomic E-state index is 11.3. The Bertz CT molecular complexity index is 224. The molecule has 4 nitrogen and oxygen atoms in total. The first-order valence-corrected chi connectivity index (χ1v) is 3.89. The molecule has 1 heterocycles. The fourth-order valence-electron chi connectivity index (χ4n) is 1.03. The van der Waals surface area contributed by atoms with Crippen molar-refractivity contribution >= 4 is 5.97 Å². The lowest BCUT2D eigenvalue weighted by Gasteiger charge is -2.17. The first-order valence-electron chi connectivity index (χ1n) is 3.89. The van der Waals surface area contributed by atoms with E-state index in [1.54, 1.807) is 26.8 Å². The van der Waals surface area contributed by atoms with E-state index in [1.165, 1.54) is 0 Å². The van der Waals surface area contributed by atoms with Gasteiger partial charge in [-0.3, -0.25) is 0 Å². The normalized spacial score (nSPS) is 27.8. The fraction of sp³-hybridized carbons (Fsp3) is 0.625. The molecule has 12 heavy (non-hydrogen) atoms. The van der Waals surface area contributed by atoms with Crippen molar-refractivity contribution in [3.63, 3.8) is 0 Å². The monoisotopic (exact) mass is 171 g/mol. The molecule has 0 fully saturated rings. The first kappa shape index (κ1) is 9.06. The second-order valence-corrected chi connectivity index (χ2v) is 2.88. The molecule has 0 aromatic carbocycles. The summed E-state index contributed by atoms with van der Waals surface area (Å²) >= 11 is 0. The minimum absolute atomic E-state index is 0.318. The summed E-state index contributed by atoms with van der Waals surface area (Å²) in [5.41, 5.74) is 1.78. The average Bonchev–Trinajstić information content (AvgIpc) is 2.33. The van der Waals surface area contributed by atoms with Gasteiger partial charge >= 0.3 is 5.97 Å². The van der Waals surface area contributed by atoms with E-state index in [4.69, 9.17) is 9.57 Å². The van der Waals surface area contributed by atoms with Gasteiger partial charge in [-0.15, -0.1) is 5.48 Å². The smallest absolute Gasteiger partial charge is 0.333 e. The van der Waals surface area contributed by atoms with E-state index in [2.05, 4.69) is 5.48 Å². The van der Waals surface area contributed by atoms with Crippen LogP contribution < -0.4 is 5.48 Å². The number of hydroxylamine groups is 1. The van der Waals surface area contributed by atoms with Gasteiger partial charge in [-0.05, 0) is 26.8 Å². The third-order valence-electron chi connectivity index (χ3n) is 1.62. The van der Waals surface area contributed by atoms with Crippen molar-refractivity contribution in [1.29, 1.82) is 0 Å². The summed E-state index contributed by atoms with van der Waals surface area (Å²) in [5.74, 6) is 0.368. The van der Waals surface area contributed by atoms with Crippen LogP contribution in [-0.2, 0) is 14.4 Å². The summed E-state index contributed by atoms with van der Waals surface area (Å²) in [4.78, 5) is 16.2. The molecule has 68 valence electrons. The SMILES string of the molecule is CCOC(=O)C1(C)C=C(C)ON1. The zero-order chi connectivity index (χ0) is 9.19. The van der Waals surface area contributed by atoms with Crippen molar-refractivity contribution in [2.24, 2.45) is 0 Å². The van der Waals surface area contributed by atoms with Crippen LogP contribution in [0.15, 0.2) is 11.8 Å². The molecule has 1 aliphatic heterocycles. The van der Waals surface area contributed by atoms with Gasteiger partial charge in [-0.2, -0.15) is 0 Å². The molecule has 1 N–H and O–H groups in total. The second-order valence-electron chi connectivity index (χ2n) is 2.88. The van der Waals surface area contributed by atoms with Gasteiger partial charge in [0.15, 0.2) is 5.54 Å². The van der Waals surface area contributed by atoms with Crippen molar-refractivity contribution in [2.45, 2.75) is 26.3 Å². The van der Waals surface area contributed by atoms with Crippen LogP contribution in [-0.4, -0.2) is 18.1 Å². The average molecular weight is 171 g/mol. The minimum Gasteiger partial charge on any atom is -0.464 e. The topological polar surface area (TPSA) is 47.6 Å². The number of rotatable bonds is 2. The van der Waals surface area contributed by atoms with E-state index in [9.17, 15) is 4.79 Å². The highest BCUT2D eigenvalue weighted by molar-refractivity contribution is 5.83. The Morgan fingerprint density at radius 2 is 2.50 bits per heavy atom. The molecule has 0 aromatic heterocycles. The predicted octanol–water partition coefficient (Wildman–Crippen LogP) is 0.747. The molecule has 0 spiro atoms. The van der Waals surface area contributed by atoms with Crippen LogP contribution >= 0.6 is 0 Å². The van der Waals surface area contributed by atoms with Crippen LogP contribution in [0.3, 0.4) is 0 Å². The quantitative estimate of drug-likeness (QED) is 0.623.